The van der Waals surface area contributed by atoms with Crippen LogP contribution in [0.15, 0.2) is 42.7 Å². The van der Waals surface area contributed by atoms with Crippen molar-refractivity contribution in [1.82, 2.24) is 4.98 Å². The Labute approximate surface area is 114 Å². The molecule has 1 saturated carbocycles. The molecule has 0 amide bonds. The number of hydrogen-bond acceptors (Lipinski definition) is 2. The first-order valence-corrected chi connectivity index (χ1v) is 7.07. The fourth-order valence-electron chi connectivity index (χ4n) is 2.32. The zero-order valence-corrected chi connectivity index (χ0v) is 11.3. The molecule has 98 valence electrons. The Bertz CT molecular complexity index is 561. The minimum absolute atomic E-state index is 0.428. The number of pyridine rings is 1. The number of aryl methyl sites for hydroxylation is 1. The molecule has 2 aromatic rings. The summed E-state index contributed by atoms with van der Waals surface area (Å²) in [7, 11) is 0. The molecule has 0 N–H and O–H groups in total. The maximum atomic E-state index is 6.02. The second-order valence-electron chi connectivity index (χ2n) is 5.10. The van der Waals surface area contributed by atoms with E-state index in [1.54, 1.807) is 0 Å². The van der Waals surface area contributed by atoms with Gasteiger partial charge in [-0.25, -0.2) is 0 Å². The summed E-state index contributed by atoms with van der Waals surface area (Å²) in [6, 6.07) is 10.4. The highest BCUT2D eigenvalue weighted by molar-refractivity contribution is 5.73. The van der Waals surface area contributed by atoms with Crippen LogP contribution in [0.3, 0.4) is 0 Å². The molecule has 1 aromatic carbocycles. The number of ether oxygens (including phenoxy) is 1. The molecule has 1 heterocycles. The maximum absolute atomic E-state index is 6.02. The van der Waals surface area contributed by atoms with Crippen LogP contribution < -0.4 is 4.74 Å². The molecule has 1 aromatic heterocycles. The molecule has 19 heavy (non-hydrogen) atoms. The van der Waals surface area contributed by atoms with Crippen molar-refractivity contribution in [2.45, 2.75) is 38.7 Å². The van der Waals surface area contributed by atoms with Crippen molar-refractivity contribution >= 4 is 0 Å². The summed E-state index contributed by atoms with van der Waals surface area (Å²) in [5.41, 5.74) is 3.75. The van der Waals surface area contributed by atoms with Crippen LogP contribution in [0.2, 0.25) is 0 Å². The van der Waals surface area contributed by atoms with Crippen molar-refractivity contribution in [1.29, 1.82) is 0 Å². The van der Waals surface area contributed by atoms with Crippen molar-refractivity contribution in [3.8, 4) is 16.9 Å². The predicted octanol–water partition coefficient (Wildman–Crippen LogP) is 4.24. The van der Waals surface area contributed by atoms with Gasteiger partial charge >= 0.3 is 0 Å². The number of hydrogen-bond donors (Lipinski definition) is 0. The largest absolute Gasteiger partial charge is 0.490 e. The maximum Gasteiger partial charge on any atom is 0.127 e. The highest BCUT2D eigenvalue weighted by Crippen LogP contribution is 2.36. The summed E-state index contributed by atoms with van der Waals surface area (Å²) in [6.07, 6.45) is 8.83. The molecule has 1 aliphatic carbocycles. The quantitative estimate of drug-likeness (QED) is 0.795. The Morgan fingerprint density at radius 2 is 2.00 bits per heavy atom. The highest BCUT2D eigenvalue weighted by Gasteiger charge is 2.24. The van der Waals surface area contributed by atoms with Gasteiger partial charge < -0.3 is 4.74 Å². The molecule has 0 saturated heterocycles. The van der Waals surface area contributed by atoms with E-state index in [0.717, 1.165) is 18.6 Å². The van der Waals surface area contributed by atoms with Gasteiger partial charge in [0.15, 0.2) is 0 Å². The lowest BCUT2D eigenvalue weighted by Gasteiger charge is -2.13. The highest BCUT2D eigenvalue weighted by atomic mass is 16.5. The molecule has 0 unspecified atom stereocenters. The molecule has 0 radical (unpaired) electrons. The summed E-state index contributed by atoms with van der Waals surface area (Å²) in [6.45, 7) is 2.20. The van der Waals surface area contributed by atoms with Crippen LogP contribution in [0.1, 0.15) is 31.7 Å². The Hall–Kier alpha value is -1.83. The molecule has 0 atom stereocenters. The fourth-order valence-corrected chi connectivity index (χ4v) is 2.32. The first-order chi connectivity index (χ1) is 9.38. The van der Waals surface area contributed by atoms with Crippen LogP contribution >= 0.6 is 0 Å². The van der Waals surface area contributed by atoms with Gasteiger partial charge in [0, 0.05) is 18.0 Å². The Balaban J connectivity index is 2.00. The minimum atomic E-state index is 0.428. The van der Waals surface area contributed by atoms with E-state index in [2.05, 4.69) is 36.2 Å². The van der Waals surface area contributed by atoms with E-state index in [-0.39, 0.29) is 0 Å². The molecule has 0 aliphatic heterocycles. The number of aromatic nitrogens is 1. The van der Waals surface area contributed by atoms with Gasteiger partial charge in [0.1, 0.15) is 5.75 Å². The van der Waals surface area contributed by atoms with Gasteiger partial charge in [0.05, 0.1) is 6.10 Å². The van der Waals surface area contributed by atoms with Crippen LogP contribution in [0.4, 0.5) is 0 Å². The third-order valence-corrected chi connectivity index (χ3v) is 3.42. The SMILES string of the molecule is CCCc1cnccc1-c1ccccc1OC1CC1. The van der Waals surface area contributed by atoms with Gasteiger partial charge in [-0.05, 0) is 42.5 Å². The van der Waals surface area contributed by atoms with E-state index >= 15 is 0 Å². The number of rotatable bonds is 5. The number of benzene rings is 1. The van der Waals surface area contributed by atoms with Crippen LogP contribution in [-0.4, -0.2) is 11.1 Å². The molecule has 0 bridgehead atoms. The molecule has 2 heteroatoms. The molecule has 0 spiro atoms. The lowest BCUT2D eigenvalue weighted by molar-refractivity contribution is 0.304. The van der Waals surface area contributed by atoms with E-state index in [1.807, 2.05) is 18.5 Å². The second-order valence-corrected chi connectivity index (χ2v) is 5.10. The Kier molecular flexibility index (Phi) is 3.49. The molecule has 1 aliphatic rings. The van der Waals surface area contributed by atoms with Gasteiger partial charge in [-0.3, -0.25) is 4.98 Å². The van der Waals surface area contributed by atoms with Gasteiger partial charge in [-0.2, -0.15) is 0 Å². The van der Waals surface area contributed by atoms with Crippen molar-refractivity contribution in [2.75, 3.05) is 0 Å². The average Bonchev–Trinajstić information content (AvgIpc) is 3.25. The van der Waals surface area contributed by atoms with E-state index in [4.69, 9.17) is 4.74 Å². The summed E-state index contributed by atoms with van der Waals surface area (Å²) < 4.78 is 6.02. The van der Waals surface area contributed by atoms with Crippen LogP contribution in [0, 0.1) is 0 Å². The lowest BCUT2D eigenvalue weighted by atomic mass is 9.98. The average molecular weight is 253 g/mol. The topological polar surface area (TPSA) is 22.1 Å². The van der Waals surface area contributed by atoms with Gasteiger partial charge in [0.2, 0.25) is 0 Å². The van der Waals surface area contributed by atoms with Gasteiger partial charge in [-0.15, -0.1) is 0 Å². The third-order valence-electron chi connectivity index (χ3n) is 3.42. The molecular weight excluding hydrogens is 234 g/mol. The van der Waals surface area contributed by atoms with Crippen molar-refractivity contribution in [2.24, 2.45) is 0 Å². The summed E-state index contributed by atoms with van der Waals surface area (Å²) in [5, 5.41) is 0. The summed E-state index contributed by atoms with van der Waals surface area (Å²) >= 11 is 0. The monoisotopic (exact) mass is 253 g/mol. The van der Waals surface area contributed by atoms with E-state index in [0.29, 0.717) is 6.10 Å². The minimum Gasteiger partial charge on any atom is -0.490 e. The predicted molar refractivity (Wildman–Crippen MR) is 77.3 cm³/mol. The molecular formula is C17H19NO. The van der Waals surface area contributed by atoms with Crippen molar-refractivity contribution in [3.63, 3.8) is 0 Å². The van der Waals surface area contributed by atoms with Crippen LogP contribution in [0.5, 0.6) is 5.75 Å². The van der Waals surface area contributed by atoms with Crippen LogP contribution in [-0.2, 0) is 6.42 Å². The van der Waals surface area contributed by atoms with E-state index in [1.165, 1.54) is 29.5 Å². The molecule has 2 nitrogen and oxygen atoms in total. The standard InChI is InChI=1S/C17H19NO/c1-2-5-13-12-18-11-10-15(13)16-6-3-4-7-17(16)19-14-8-9-14/h3-4,6-7,10-12,14H,2,5,8-9H2,1H3. The number of nitrogens with zero attached hydrogens (tertiary/aromatic N) is 1. The fraction of sp³-hybridized carbons (Fsp3) is 0.353. The summed E-state index contributed by atoms with van der Waals surface area (Å²) in [4.78, 5) is 4.25. The van der Waals surface area contributed by atoms with Gasteiger partial charge in [0.25, 0.3) is 0 Å². The van der Waals surface area contributed by atoms with E-state index in [9.17, 15) is 0 Å². The molecule has 1 fully saturated rings. The normalized spacial score (nSPS) is 14.4. The zero-order chi connectivity index (χ0) is 13.1. The lowest BCUT2D eigenvalue weighted by Crippen LogP contribution is -1.99. The third kappa shape index (κ3) is 2.78. The molecule has 3 rings (SSSR count). The van der Waals surface area contributed by atoms with Crippen LogP contribution in [0.25, 0.3) is 11.1 Å². The van der Waals surface area contributed by atoms with Crippen molar-refractivity contribution < 1.29 is 4.74 Å². The second kappa shape index (κ2) is 5.43. The van der Waals surface area contributed by atoms with E-state index < -0.39 is 0 Å². The Morgan fingerprint density at radius 3 is 2.79 bits per heavy atom. The zero-order valence-electron chi connectivity index (χ0n) is 11.3. The smallest absolute Gasteiger partial charge is 0.127 e. The van der Waals surface area contributed by atoms with Crippen molar-refractivity contribution in [3.05, 3.63) is 48.3 Å². The summed E-state index contributed by atoms with van der Waals surface area (Å²) in [5.74, 6) is 1.01. The van der Waals surface area contributed by atoms with Gasteiger partial charge in [-0.1, -0.05) is 31.5 Å². The first kappa shape index (κ1) is 12.2. The first-order valence-electron chi connectivity index (χ1n) is 7.07. The Morgan fingerprint density at radius 1 is 1.16 bits per heavy atom. The number of para-hydroxylation sites is 1.